The van der Waals surface area contributed by atoms with Crippen LogP contribution in [0.3, 0.4) is 0 Å². The highest BCUT2D eigenvalue weighted by molar-refractivity contribution is 8.00. The average molecular weight is 654 g/mol. The zero-order valence-electron chi connectivity index (χ0n) is 28.6. The molecule has 1 atom stereocenters. The minimum atomic E-state index is -0.576. The van der Waals surface area contributed by atoms with Crippen LogP contribution in [0.15, 0.2) is 56.9 Å². The van der Waals surface area contributed by atoms with Crippen molar-refractivity contribution in [2.24, 2.45) is 4.99 Å². The van der Waals surface area contributed by atoms with E-state index in [1.165, 1.54) is 11.9 Å². The fourth-order valence-corrected chi connectivity index (χ4v) is 5.36. The van der Waals surface area contributed by atoms with E-state index >= 15 is 0 Å². The molecular weight excluding hydrogens is 602 g/mol. The van der Waals surface area contributed by atoms with Crippen LogP contribution in [0, 0.1) is 13.8 Å². The van der Waals surface area contributed by atoms with Crippen LogP contribution in [0.5, 0.6) is 0 Å². The van der Waals surface area contributed by atoms with Gasteiger partial charge in [-0.05, 0) is 74.4 Å². The number of nitrogens with zero attached hydrogens (tertiary/aromatic N) is 3. The molecule has 11 heteroatoms. The Morgan fingerprint density at radius 1 is 1.07 bits per heavy atom. The third-order valence-corrected chi connectivity index (χ3v) is 8.04. The molecular formula is C35H51N5O5S. The van der Waals surface area contributed by atoms with Crippen LogP contribution < -0.4 is 10.0 Å². The second kappa shape index (κ2) is 21.2. The zero-order chi connectivity index (χ0) is 33.9. The number of hydrogen-bond acceptors (Lipinski definition) is 9. The third-order valence-electron chi connectivity index (χ3n) is 7.17. The van der Waals surface area contributed by atoms with Crippen molar-refractivity contribution < 1.29 is 23.6 Å². The van der Waals surface area contributed by atoms with Crippen molar-refractivity contribution in [3.05, 3.63) is 64.9 Å². The van der Waals surface area contributed by atoms with Gasteiger partial charge in [-0.3, -0.25) is 19.5 Å². The lowest BCUT2D eigenvalue weighted by Crippen LogP contribution is -2.38. The normalized spacial score (nSPS) is 13.7. The van der Waals surface area contributed by atoms with Gasteiger partial charge in [-0.15, -0.1) is 0 Å². The van der Waals surface area contributed by atoms with Crippen molar-refractivity contribution in [2.75, 3.05) is 31.6 Å². The van der Waals surface area contributed by atoms with Crippen LogP contribution in [0.2, 0.25) is 0 Å². The maximum Gasteiger partial charge on any atom is 0.254 e. The number of rotatable bonds is 16. The number of amidine groups is 1. The van der Waals surface area contributed by atoms with E-state index in [1.54, 1.807) is 12.0 Å². The summed E-state index contributed by atoms with van der Waals surface area (Å²) < 4.78 is 19.0. The van der Waals surface area contributed by atoms with E-state index in [0.29, 0.717) is 32.0 Å². The van der Waals surface area contributed by atoms with Crippen LogP contribution in [0.25, 0.3) is 11.1 Å². The minimum Gasteiger partial charge on any atom is -0.385 e. The van der Waals surface area contributed by atoms with E-state index < -0.39 is 6.04 Å². The monoisotopic (exact) mass is 653 g/mol. The van der Waals surface area contributed by atoms with Crippen LogP contribution in [-0.4, -0.2) is 61.1 Å². The molecule has 2 amide bonds. The van der Waals surface area contributed by atoms with Crippen molar-refractivity contribution >= 4 is 35.9 Å². The van der Waals surface area contributed by atoms with Gasteiger partial charge in [-0.1, -0.05) is 68.7 Å². The number of carbonyl (C=O) groups excluding carboxylic acids is 2. The number of unbranched alkanes of at least 4 members (excludes halogenated alkanes) is 1. The number of benzene rings is 2. The van der Waals surface area contributed by atoms with Gasteiger partial charge in [0.15, 0.2) is 5.82 Å². The molecule has 0 spiro atoms. The Balaban J connectivity index is 0.00000114. The van der Waals surface area contributed by atoms with Gasteiger partial charge < -0.3 is 24.0 Å². The van der Waals surface area contributed by atoms with Crippen molar-refractivity contribution in [2.45, 2.75) is 91.8 Å². The molecule has 2 N–H and O–H groups in total. The molecule has 1 aliphatic heterocycles. The maximum atomic E-state index is 13.2. The van der Waals surface area contributed by atoms with Gasteiger partial charge in [0.1, 0.15) is 17.6 Å². The molecule has 0 bridgehead atoms. The smallest absolute Gasteiger partial charge is 0.254 e. The molecule has 1 unspecified atom stereocenters. The second-order valence-electron chi connectivity index (χ2n) is 10.2. The Labute approximate surface area is 278 Å². The number of nitrogens with one attached hydrogen (secondary N) is 2. The predicted octanol–water partition coefficient (Wildman–Crippen LogP) is 7.34. The van der Waals surface area contributed by atoms with E-state index in [-0.39, 0.29) is 12.5 Å². The third kappa shape index (κ3) is 11.0. The van der Waals surface area contributed by atoms with Crippen LogP contribution >= 0.6 is 11.9 Å². The van der Waals surface area contributed by atoms with Crippen molar-refractivity contribution in [3.8, 4) is 11.1 Å². The molecule has 4 rings (SSSR count). The Morgan fingerprint density at radius 2 is 1.80 bits per heavy atom. The Kier molecular flexibility index (Phi) is 17.7. The zero-order valence-corrected chi connectivity index (χ0v) is 29.5. The second-order valence-corrected chi connectivity index (χ2v) is 11.1. The summed E-state index contributed by atoms with van der Waals surface area (Å²) in [6.07, 6.45) is 3.29. The highest BCUT2D eigenvalue weighted by Crippen LogP contribution is 2.35. The van der Waals surface area contributed by atoms with Gasteiger partial charge in [0, 0.05) is 43.7 Å². The van der Waals surface area contributed by atoms with Gasteiger partial charge in [-0.25, -0.2) is 0 Å². The average Bonchev–Trinajstić information content (AvgIpc) is 3.57. The largest absolute Gasteiger partial charge is 0.385 e. The molecule has 46 heavy (non-hydrogen) atoms. The number of carbonyl (C=O) groups is 2. The predicted molar refractivity (Wildman–Crippen MR) is 187 cm³/mol. The number of aliphatic imine (C=N–C) groups is 1. The summed E-state index contributed by atoms with van der Waals surface area (Å²) in [6, 6.07) is 13.9. The summed E-state index contributed by atoms with van der Waals surface area (Å²) in [5, 5.41) is 6.72. The number of anilines is 1. The first-order chi connectivity index (χ1) is 22.4. The molecule has 252 valence electrons. The first kappa shape index (κ1) is 38.5. The highest BCUT2D eigenvalue weighted by Gasteiger charge is 2.33. The molecule has 0 saturated carbocycles. The fourth-order valence-electron chi connectivity index (χ4n) is 4.52. The van der Waals surface area contributed by atoms with Crippen molar-refractivity contribution in [3.63, 3.8) is 0 Å². The quantitative estimate of drug-likeness (QED) is 0.122. The van der Waals surface area contributed by atoms with Gasteiger partial charge in [0.25, 0.3) is 5.91 Å². The molecule has 1 aliphatic rings. The number of amides is 2. The van der Waals surface area contributed by atoms with E-state index in [2.05, 4.69) is 62.2 Å². The summed E-state index contributed by atoms with van der Waals surface area (Å²) in [6.45, 7) is 16.4. The van der Waals surface area contributed by atoms with E-state index in [9.17, 15) is 9.59 Å². The molecule has 0 aliphatic carbocycles. The van der Waals surface area contributed by atoms with Gasteiger partial charge in [0.05, 0.1) is 13.2 Å². The summed E-state index contributed by atoms with van der Waals surface area (Å²) >= 11 is 1.49. The Morgan fingerprint density at radius 3 is 2.43 bits per heavy atom. The lowest BCUT2D eigenvalue weighted by molar-refractivity contribution is -0.127. The Bertz CT molecular complexity index is 1390. The highest BCUT2D eigenvalue weighted by atomic mass is 32.2. The minimum absolute atomic E-state index is 0.0814. The number of aryl methyl sites for hydroxylation is 1. The number of hydrogen-bond donors (Lipinski definition) is 2. The van der Waals surface area contributed by atoms with Gasteiger partial charge >= 0.3 is 0 Å². The first-order valence-electron chi connectivity index (χ1n) is 16.1. The van der Waals surface area contributed by atoms with Crippen LogP contribution in [-0.2, 0) is 32.2 Å². The van der Waals surface area contributed by atoms with E-state index in [4.69, 9.17) is 9.26 Å². The van der Waals surface area contributed by atoms with E-state index in [1.807, 2.05) is 53.7 Å². The van der Waals surface area contributed by atoms with Gasteiger partial charge in [0.2, 0.25) is 6.41 Å². The molecule has 10 nitrogen and oxygen atoms in total. The molecule has 0 saturated heterocycles. The molecule has 0 radical (unpaired) electrons. The number of methoxy groups -OCH3 is 1. The first-order valence-corrected chi connectivity index (χ1v) is 16.9. The van der Waals surface area contributed by atoms with Gasteiger partial charge in [-0.2, -0.15) is 0 Å². The molecule has 2 aromatic carbocycles. The Hall–Kier alpha value is -3.67. The van der Waals surface area contributed by atoms with E-state index in [0.717, 1.165) is 70.2 Å². The maximum absolute atomic E-state index is 13.2. The lowest BCUT2D eigenvalue weighted by Gasteiger charge is -2.21. The van der Waals surface area contributed by atoms with Crippen LogP contribution in [0.4, 0.5) is 5.82 Å². The summed E-state index contributed by atoms with van der Waals surface area (Å²) in [5.74, 6) is 2.20. The molecule has 2 heterocycles. The lowest BCUT2D eigenvalue weighted by atomic mass is 9.97. The van der Waals surface area contributed by atoms with Crippen molar-refractivity contribution in [1.82, 2.24) is 15.4 Å². The SMILES string of the molecule is CC.CCCCC1=NC(CNC=O)C(=O)N1Cc1ccc(-c2ccccc2SNc2noc(C)c2C)c(COCC)c1.CCOC. The van der Waals surface area contributed by atoms with Crippen molar-refractivity contribution in [1.29, 1.82) is 0 Å². The molecule has 1 aromatic heterocycles. The molecule has 0 fully saturated rings. The molecule has 3 aromatic rings. The number of ether oxygens (including phenoxy) is 2. The number of aromatic nitrogens is 1. The fraction of sp³-hybridized carbons (Fsp3) is 0.486. The summed E-state index contributed by atoms with van der Waals surface area (Å²) in [4.78, 5) is 31.5. The van der Waals surface area contributed by atoms with Crippen LogP contribution in [0.1, 0.15) is 76.3 Å². The standard InChI is InChI=1S/C30H37N5O4S.C3H8O.C2H6/c1-5-7-12-28-32-26(16-31-19-36)30(37)35(28)17-22-13-14-24(23(15-22)18-38-6-2)25-10-8-9-11-27(25)40-34-29-20(3)21(4)39-33-29;1-3-4-2;1-2/h8-11,13-15,19,26H,5-7,12,16-18H2,1-4H3,(H,31,36)(H,33,34);3H2,1-2H3;1-2H3. The summed E-state index contributed by atoms with van der Waals surface area (Å²) in [5.41, 5.74) is 5.15. The topological polar surface area (TPSA) is 118 Å². The summed E-state index contributed by atoms with van der Waals surface area (Å²) in [7, 11) is 1.68.